The summed E-state index contributed by atoms with van der Waals surface area (Å²) in [5.41, 5.74) is 0.474. The summed E-state index contributed by atoms with van der Waals surface area (Å²) in [6, 6.07) is 0. The van der Waals surface area contributed by atoms with Crippen LogP contribution in [0.15, 0.2) is 11.6 Å². The van der Waals surface area contributed by atoms with Crippen LogP contribution in [0.1, 0.15) is 19.8 Å². The predicted molar refractivity (Wildman–Crippen MR) is 44.9 cm³/mol. The normalized spacial score (nSPS) is 22.8. The van der Waals surface area contributed by atoms with Gasteiger partial charge in [-0.15, -0.1) is 0 Å². The van der Waals surface area contributed by atoms with Crippen LogP contribution in [0.4, 0.5) is 0 Å². The molecule has 0 radical (unpaired) electrons. The van der Waals surface area contributed by atoms with Crippen LogP contribution in [0.25, 0.3) is 0 Å². The Kier molecular flexibility index (Phi) is 3.06. The molecule has 0 spiro atoms. The SMILES string of the molecule is COC(=O)C(C)=CC1CCC(=O)O1. The average molecular weight is 184 g/mol. The second-order valence-corrected chi connectivity index (χ2v) is 2.91. The summed E-state index contributed by atoms with van der Waals surface area (Å²) in [5, 5.41) is 0. The average Bonchev–Trinajstić information content (AvgIpc) is 2.49. The second kappa shape index (κ2) is 4.07. The van der Waals surface area contributed by atoms with Gasteiger partial charge in [0, 0.05) is 12.0 Å². The van der Waals surface area contributed by atoms with E-state index in [1.165, 1.54) is 7.11 Å². The lowest BCUT2D eigenvalue weighted by molar-refractivity contribution is -0.140. The van der Waals surface area contributed by atoms with E-state index < -0.39 is 0 Å². The number of hydrogen-bond acceptors (Lipinski definition) is 4. The first-order valence-corrected chi connectivity index (χ1v) is 4.09. The lowest BCUT2D eigenvalue weighted by atomic mass is 10.1. The van der Waals surface area contributed by atoms with Crippen molar-refractivity contribution in [1.82, 2.24) is 0 Å². The number of ether oxygens (including phenoxy) is 2. The van der Waals surface area contributed by atoms with E-state index in [-0.39, 0.29) is 18.0 Å². The molecule has 0 aromatic carbocycles. The fourth-order valence-electron chi connectivity index (χ4n) is 1.17. The van der Waals surface area contributed by atoms with Crippen LogP contribution >= 0.6 is 0 Å². The van der Waals surface area contributed by atoms with Gasteiger partial charge >= 0.3 is 11.9 Å². The zero-order chi connectivity index (χ0) is 9.84. The standard InChI is InChI=1S/C9H12O4/c1-6(9(11)12-2)5-7-3-4-8(10)13-7/h5,7H,3-4H2,1-2H3. The summed E-state index contributed by atoms with van der Waals surface area (Å²) in [7, 11) is 1.32. The minimum Gasteiger partial charge on any atom is -0.466 e. The van der Waals surface area contributed by atoms with Gasteiger partial charge in [-0.05, 0) is 19.4 Å². The van der Waals surface area contributed by atoms with Gasteiger partial charge < -0.3 is 9.47 Å². The Balaban J connectivity index is 2.55. The lowest BCUT2D eigenvalue weighted by Crippen LogP contribution is -2.08. The first-order chi connectivity index (χ1) is 6.13. The Hall–Kier alpha value is -1.32. The Labute approximate surface area is 76.5 Å². The molecule has 0 bridgehead atoms. The zero-order valence-corrected chi connectivity index (χ0v) is 7.70. The molecule has 1 aliphatic rings. The number of carbonyl (C=O) groups excluding carboxylic acids is 2. The third-order valence-corrected chi connectivity index (χ3v) is 1.86. The van der Waals surface area contributed by atoms with E-state index in [0.717, 1.165) is 0 Å². The smallest absolute Gasteiger partial charge is 0.333 e. The van der Waals surface area contributed by atoms with Crippen molar-refractivity contribution in [3.05, 3.63) is 11.6 Å². The molecule has 1 fully saturated rings. The number of cyclic esters (lactones) is 1. The third kappa shape index (κ3) is 2.57. The largest absolute Gasteiger partial charge is 0.466 e. The Morgan fingerprint density at radius 2 is 2.38 bits per heavy atom. The maximum atomic E-state index is 11.0. The molecule has 1 saturated heterocycles. The van der Waals surface area contributed by atoms with Gasteiger partial charge in [-0.2, -0.15) is 0 Å². The summed E-state index contributed by atoms with van der Waals surface area (Å²) in [6.45, 7) is 1.64. The van der Waals surface area contributed by atoms with Crippen LogP contribution in [0.5, 0.6) is 0 Å². The molecular weight excluding hydrogens is 172 g/mol. The molecule has 1 atom stereocenters. The zero-order valence-electron chi connectivity index (χ0n) is 7.70. The van der Waals surface area contributed by atoms with Crippen molar-refractivity contribution in [3.63, 3.8) is 0 Å². The molecule has 4 nitrogen and oxygen atoms in total. The number of methoxy groups -OCH3 is 1. The van der Waals surface area contributed by atoms with Crippen molar-refractivity contribution in [1.29, 1.82) is 0 Å². The van der Waals surface area contributed by atoms with Crippen molar-refractivity contribution >= 4 is 11.9 Å². The summed E-state index contributed by atoms with van der Waals surface area (Å²) >= 11 is 0. The molecule has 0 aromatic rings. The van der Waals surface area contributed by atoms with E-state index in [1.807, 2.05) is 0 Å². The van der Waals surface area contributed by atoms with Crippen LogP contribution in [-0.2, 0) is 19.1 Å². The minimum atomic E-state index is -0.386. The van der Waals surface area contributed by atoms with E-state index in [4.69, 9.17) is 4.74 Å². The van der Waals surface area contributed by atoms with Crippen LogP contribution in [-0.4, -0.2) is 25.2 Å². The van der Waals surface area contributed by atoms with Crippen LogP contribution < -0.4 is 0 Å². The summed E-state index contributed by atoms with van der Waals surface area (Å²) in [5.74, 6) is -0.595. The second-order valence-electron chi connectivity index (χ2n) is 2.91. The molecule has 0 N–H and O–H groups in total. The Bertz CT molecular complexity index is 254. The van der Waals surface area contributed by atoms with E-state index in [9.17, 15) is 9.59 Å². The molecule has 0 amide bonds. The molecule has 13 heavy (non-hydrogen) atoms. The molecule has 1 heterocycles. The monoisotopic (exact) mass is 184 g/mol. The highest BCUT2D eigenvalue weighted by molar-refractivity contribution is 5.87. The molecule has 72 valence electrons. The number of rotatable bonds is 2. The van der Waals surface area contributed by atoms with Crippen molar-refractivity contribution in [2.75, 3.05) is 7.11 Å². The quantitative estimate of drug-likeness (QED) is 0.470. The van der Waals surface area contributed by atoms with Crippen LogP contribution in [0.3, 0.4) is 0 Å². The molecule has 4 heteroatoms. The maximum Gasteiger partial charge on any atom is 0.333 e. The van der Waals surface area contributed by atoms with Gasteiger partial charge in [0.1, 0.15) is 6.10 Å². The van der Waals surface area contributed by atoms with Crippen LogP contribution in [0.2, 0.25) is 0 Å². The molecule has 0 saturated carbocycles. The van der Waals surface area contributed by atoms with Gasteiger partial charge in [0.15, 0.2) is 0 Å². The van der Waals surface area contributed by atoms with Crippen molar-refractivity contribution < 1.29 is 19.1 Å². The molecule has 1 rings (SSSR count). The minimum absolute atomic E-state index is 0.209. The highest BCUT2D eigenvalue weighted by Gasteiger charge is 2.22. The first-order valence-electron chi connectivity index (χ1n) is 4.09. The number of carbonyl (C=O) groups is 2. The lowest BCUT2D eigenvalue weighted by Gasteiger charge is -2.04. The van der Waals surface area contributed by atoms with Crippen LogP contribution in [0, 0.1) is 0 Å². The van der Waals surface area contributed by atoms with Gasteiger partial charge in [0.25, 0.3) is 0 Å². The van der Waals surface area contributed by atoms with Gasteiger partial charge in [0.2, 0.25) is 0 Å². The molecule has 1 unspecified atom stereocenters. The molecule has 0 aromatic heterocycles. The fraction of sp³-hybridized carbons (Fsp3) is 0.556. The fourth-order valence-corrected chi connectivity index (χ4v) is 1.17. The van der Waals surface area contributed by atoms with Crippen molar-refractivity contribution in [2.45, 2.75) is 25.9 Å². The number of esters is 2. The first kappa shape index (κ1) is 9.77. The molecule has 0 aliphatic carbocycles. The maximum absolute atomic E-state index is 11.0. The van der Waals surface area contributed by atoms with Crippen molar-refractivity contribution in [3.8, 4) is 0 Å². The number of hydrogen-bond donors (Lipinski definition) is 0. The predicted octanol–water partition coefficient (Wildman–Crippen LogP) is 0.811. The van der Waals surface area contributed by atoms with Gasteiger partial charge in [0.05, 0.1) is 7.11 Å². The summed E-state index contributed by atoms with van der Waals surface area (Å²) in [6.07, 6.45) is 2.44. The van der Waals surface area contributed by atoms with Gasteiger partial charge in [-0.25, -0.2) is 4.79 Å². The van der Waals surface area contributed by atoms with E-state index in [1.54, 1.807) is 13.0 Å². The molecule has 1 aliphatic heterocycles. The van der Waals surface area contributed by atoms with Gasteiger partial charge in [-0.3, -0.25) is 4.79 Å². The summed E-state index contributed by atoms with van der Waals surface area (Å²) < 4.78 is 9.40. The molecular formula is C9H12O4. The third-order valence-electron chi connectivity index (χ3n) is 1.86. The van der Waals surface area contributed by atoms with E-state index in [2.05, 4.69) is 4.74 Å². The Morgan fingerprint density at radius 3 is 2.85 bits per heavy atom. The van der Waals surface area contributed by atoms with E-state index in [0.29, 0.717) is 18.4 Å². The van der Waals surface area contributed by atoms with Crippen molar-refractivity contribution in [2.24, 2.45) is 0 Å². The van der Waals surface area contributed by atoms with E-state index >= 15 is 0 Å². The Morgan fingerprint density at radius 1 is 1.69 bits per heavy atom. The topological polar surface area (TPSA) is 52.6 Å². The summed E-state index contributed by atoms with van der Waals surface area (Å²) in [4.78, 5) is 21.7. The highest BCUT2D eigenvalue weighted by Crippen LogP contribution is 2.16. The highest BCUT2D eigenvalue weighted by atomic mass is 16.5. The van der Waals surface area contributed by atoms with Gasteiger partial charge in [-0.1, -0.05) is 0 Å².